The van der Waals surface area contributed by atoms with E-state index in [2.05, 4.69) is 16.0 Å². The van der Waals surface area contributed by atoms with E-state index in [0.717, 1.165) is 38.8 Å². The summed E-state index contributed by atoms with van der Waals surface area (Å²) in [5.41, 5.74) is 4.00. The Hall–Kier alpha value is -1.92. The van der Waals surface area contributed by atoms with Crippen molar-refractivity contribution in [2.24, 2.45) is 7.05 Å². The van der Waals surface area contributed by atoms with Gasteiger partial charge in [-0.3, -0.25) is 4.98 Å². The van der Waals surface area contributed by atoms with E-state index in [9.17, 15) is 0 Å². The molecule has 0 spiro atoms. The minimum atomic E-state index is 0.711. The molecule has 0 radical (unpaired) electrons. The zero-order valence-corrected chi connectivity index (χ0v) is 13.7. The highest BCUT2D eigenvalue weighted by Crippen LogP contribution is 2.31. The fraction of sp³-hybridized carbons (Fsp3) is 0.312. The van der Waals surface area contributed by atoms with Gasteiger partial charge in [0, 0.05) is 49.0 Å². The molecule has 3 rings (SSSR count). The van der Waals surface area contributed by atoms with Crippen LogP contribution in [-0.4, -0.2) is 39.0 Å². The molecule has 5 nitrogen and oxygen atoms in total. The Morgan fingerprint density at radius 3 is 3.00 bits per heavy atom. The predicted octanol–water partition coefficient (Wildman–Crippen LogP) is 3.08. The van der Waals surface area contributed by atoms with Gasteiger partial charge in [-0.1, -0.05) is 0 Å². The molecule has 3 aromatic rings. The fourth-order valence-corrected chi connectivity index (χ4v) is 3.25. The first kappa shape index (κ1) is 15.0. The van der Waals surface area contributed by atoms with Crippen LogP contribution in [0, 0.1) is 6.92 Å². The summed E-state index contributed by atoms with van der Waals surface area (Å²) in [6.45, 7) is 2.74. The molecule has 0 saturated heterocycles. The van der Waals surface area contributed by atoms with E-state index in [4.69, 9.17) is 9.72 Å². The number of pyridine rings is 2. The molecule has 114 valence electrons. The summed E-state index contributed by atoms with van der Waals surface area (Å²) >= 11 is 1.73. The fourth-order valence-electron chi connectivity index (χ4n) is 2.33. The summed E-state index contributed by atoms with van der Waals surface area (Å²) in [7, 11) is 3.71. The molecule has 0 N–H and O–H groups in total. The lowest BCUT2D eigenvalue weighted by Gasteiger charge is -2.08. The summed E-state index contributed by atoms with van der Waals surface area (Å²) in [6.07, 6.45) is 5.55. The molecule has 6 heteroatoms. The van der Waals surface area contributed by atoms with Crippen molar-refractivity contribution in [3.63, 3.8) is 0 Å². The molecular formula is C16H18N4OS. The van der Waals surface area contributed by atoms with Crippen LogP contribution in [-0.2, 0) is 11.8 Å². The average Bonchev–Trinajstić information content (AvgIpc) is 2.84. The molecule has 0 aliphatic rings. The van der Waals surface area contributed by atoms with Crippen LogP contribution in [0.25, 0.3) is 22.6 Å². The number of thioether (sulfide) groups is 1. The molecule has 0 bridgehead atoms. The third-order valence-corrected chi connectivity index (χ3v) is 4.42. The largest absolute Gasteiger partial charge is 0.384 e. The van der Waals surface area contributed by atoms with Gasteiger partial charge in [-0.15, -0.1) is 11.8 Å². The van der Waals surface area contributed by atoms with Crippen molar-refractivity contribution in [3.05, 3.63) is 36.3 Å². The Bertz CT molecular complexity index is 800. The second kappa shape index (κ2) is 6.46. The second-order valence-corrected chi connectivity index (χ2v) is 6.20. The zero-order chi connectivity index (χ0) is 15.5. The molecule has 0 saturated carbocycles. The van der Waals surface area contributed by atoms with Crippen molar-refractivity contribution in [2.45, 2.75) is 11.8 Å². The van der Waals surface area contributed by atoms with Gasteiger partial charge in [0.25, 0.3) is 0 Å². The Labute approximate surface area is 133 Å². The van der Waals surface area contributed by atoms with Crippen LogP contribution >= 0.6 is 11.8 Å². The van der Waals surface area contributed by atoms with Gasteiger partial charge in [0.1, 0.15) is 11.3 Å². The van der Waals surface area contributed by atoms with E-state index >= 15 is 0 Å². The molecule has 3 heterocycles. The highest BCUT2D eigenvalue weighted by atomic mass is 32.2. The SMILES string of the molecule is COCCSc1cnccc1-c1nc2cc(C)cnc2n1C. The number of aryl methyl sites for hydroxylation is 2. The number of rotatable bonds is 5. The first-order chi connectivity index (χ1) is 10.7. The number of hydrogen-bond acceptors (Lipinski definition) is 5. The first-order valence-electron chi connectivity index (χ1n) is 7.06. The van der Waals surface area contributed by atoms with E-state index in [0.29, 0.717) is 6.61 Å². The summed E-state index contributed by atoms with van der Waals surface area (Å²) in [4.78, 5) is 14.6. The summed E-state index contributed by atoms with van der Waals surface area (Å²) in [5.74, 6) is 1.80. The molecule has 0 aliphatic carbocycles. The Morgan fingerprint density at radius 1 is 1.32 bits per heavy atom. The molecule has 0 unspecified atom stereocenters. The van der Waals surface area contributed by atoms with Crippen LogP contribution < -0.4 is 0 Å². The van der Waals surface area contributed by atoms with E-state index in [-0.39, 0.29) is 0 Å². The lowest BCUT2D eigenvalue weighted by Crippen LogP contribution is -1.97. The zero-order valence-electron chi connectivity index (χ0n) is 12.9. The van der Waals surface area contributed by atoms with Gasteiger partial charge >= 0.3 is 0 Å². The molecule has 3 aromatic heterocycles. The van der Waals surface area contributed by atoms with E-state index < -0.39 is 0 Å². The first-order valence-corrected chi connectivity index (χ1v) is 8.04. The number of imidazole rings is 1. The average molecular weight is 314 g/mol. The van der Waals surface area contributed by atoms with Crippen LogP contribution in [0.3, 0.4) is 0 Å². The molecule has 0 aromatic carbocycles. The molecule has 0 amide bonds. The number of nitrogens with zero attached hydrogens (tertiary/aromatic N) is 4. The van der Waals surface area contributed by atoms with Crippen molar-refractivity contribution in [2.75, 3.05) is 19.5 Å². The maximum atomic E-state index is 5.12. The highest BCUT2D eigenvalue weighted by molar-refractivity contribution is 7.99. The summed E-state index contributed by atoms with van der Waals surface area (Å²) in [6, 6.07) is 4.06. The number of hydrogen-bond donors (Lipinski definition) is 0. The minimum Gasteiger partial charge on any atom is -0.384 e. The molecule has 22 heavy (non-hydrogen) atoms. The normalized spacial score (nSPS) is 11.2. The lowest BCUT2D eigenvalue weighted by atomic mass is 10.2. The van der Waals surface area contributed by atoms with Crippen molar-refractivity contribution < 1.29 is 4.74 Å². The molecule has 0 fully saturated rings. The number of aromatic nitrogens is 4. The Morgan fingerprint density at radius 2 is 2.18 bits per heavy atom. The van der Waals surface area contributed by atoms with Gasteiger partial charge < -0.3 is 9.30 Å². The standard InChI is InChI=1S/C16H18N4OS/c1-11-8-13-16(18-9-11)20(2)15(19-13)12-4-5-17-10-14(12)22-7-6-21-3/h4-5,8-10H,6-7H2,1-3H3. The van der Waals surface area contributed by atoms with Gasteiger partial charge in [-0.25, -0.2) is 9.97 Å². The van der Waals surface area contributed by atoms with E-state index in [1.165, 1.54) is 0 Å². The minimum absolute atomic E-state index is 0.711. The van der Waals surface area contributed by atoms with Crippen LogP contribution in [0.2, 0.25) is 0 Å². The Kier molecular flexibility index (Phi) is 4.40. The summed E-state index contributed by atoms with van der Waals surface area (Å²) in [5, 5.41) is 0. The smallest absolute Gasteiger partial charge is 0.160 e. The maximum Gasteiger partial charge on any atom is 0.160 e. The highest BCUT2D eigenvalue weighted by Gasteiger charge is 2.14. The van der Waals surface area contributed by atoms with Crippen LogP contribution in [0.1, 0.15) is 5.56 Å². The molecule has 0 aliphatic heterocycles. The third kappa shape index (κ3) is 2.84. The monoisotopic (exact) mass is 314 g/mol. The number of fused-ring (bicyclic) bond motifs is 1. The maximum absolute atomic E-state index is 5.12. The Balaban J connectivity index is 2.05. The van der Waals surface area contributed by atoms with Crippen molar-refractivity contribution >= 4 is 22.9 Å². The number of ether oxygens (including phenoxy) is 1. The predicted molar refractivity (Wildman–Crippen MR) is 89.1 cm³/mol. The van der Waals surface area contributed by atoms with E-state index in [1.54, 1.807) is 25.1 Å². The van der Waals surface area contributed by atoms with Crippen molar-refractivity contribution in [1.82, 2.24) is 19.5 Å². The topological polar surface area (TPSA) is 52.8 Å². The van der Waals surface area contributed by atoms with Gasteiger partial charge in [-0.05, 0) is 24.6 Å². The van der Waals surface area contributed by atoms with Crippen molar-refractivity contribution in [1.29, 1.82) is 0 Å². The molecule has 0 atom stereocenters. The van der Waals surface area contributed by atoms with Crippen LogP contribution in [0.15, 0.2) is 35.6 Å². The number of methoxy groups -OCH3 is 1. The van der Waals surface area contributed by atoms with E-state index in [1.807, 2.05) is 37.0 Å². The summed E-state index contributed by atoms with van der Waals surface area (Å²) < 4.78 is 7.15. The third-order valence-electron chi connectivity index (χ3n) is 3.42. The quantitative estimate of drug-likeness (QED) is 0.535. The van der Waals surface area contributed by atoms with Gasteiger partial charge in [-0.2, -0.15) is 0 Å². The van der Waals surface area contributed by atoms with Crippen molar-refractivity contribution in [3.8, 4) is 11.4 Å². The van der Waals surface area contributed by atoms with Gasteiger partial charge in [0.15, 0.2) is 5.65 Å². The van der Waals surface area contributed by atoms with Crippen LogP contribution in [0.5, 0.6) is 0 Å². The van der Waals surface area contributed by atoms with Crippen LogP contribution in [0.4, 0.5) is 0 Å². The van der Waals surface area contributed by atoms with Gasteiger partial charge in [0.05, 0.1) is 6.61 Å². The molecular weight excluding hydrogens is 296 g/mol. The lowest BCUT2D eigenvalue weighted by molar-refractivity contribution is 0.218. The second-order valence-electron chi connectivity index (χ2n) is 5.06. The van der Waals surface area contributed by atoms with Gasteiger partial charge in [0.2, 0.25) is 0 Å².